The summed E-state index contributed by atoms with van der Waals surface area (Å²) in [5.74, 6) is 1.59. The van der Waals surface area contributed by atoms with Crippen LogP contribution in [0.3, 0.4) is 0 Å². The lowest BCUT2D eigenvalue weighted by molar-refractivity contribution is 0.304. The van der Waals surface area contributed by atoms with Gasteiger partial charge in [-0.2, -0.15) is 0 Å². The van der Waals surface area contributed by atoms with Crippen molar-refractivity contribution in [2.75, 3.05) is 13.7 Å². The zero-order chi connectivity index (χ0) is 14.5. The molecular weight excluding hydrogens is 238 g/mol. The van der Waals surface area contributed by atoms with Gasteiger partial charge in [-0.25, -0.2) is 0 Å². The lowest BCUT2D eigenvalue weighted by Crippen LogP contribution is -2.35. The van der Waals surface area contributed by atoms with E-state index in [0.29, 0.717) is 6.61 Å². The molecule has 108 valence electrons. The van der Waals surface area contributed by atoms with Crippen LogP contribution in [0.15, 0.2) is 18.2 Å². The highest BCUT2D eigenvalue weighted by molar-refractivity contribution is 5.43. The van der Waals surface area contributed by atoms with Gasteiger partial charge in [-0.05, 0) is 42.9 Å². The number of nitrogens with two attached hydrogens (primary N) is 1. The summed E-state index contributed by atoms with van der Waals surface area (Å²) in [6, 6.07) is 6.29. The minimum absolute atomic E-state index is 0.148. The molecule has 1 unspecified atom stereocenters. The van der Waals surface area contributed by atoms with Gasteiger partial charge in [0, 0.05) is 6.04 Å². The zero-order valence-corrected chi connectivity index (χ0v) is 12.8. The van der Waals surface area contributed by atoms with Crippen LogP contribution in [0.1, 0.15) is 39.7 Å². The molecule has 1 aromatic carbocycles. The summed E-state index contributed by atoms with van der Waals surface area (Å²) in [4.78, 5) is 0. The Morgan fingerprint density at radius 3 is 2.42 bits per heavy atom. The predicted molar refractivity (Wildman–Crippen MR) is 79.9 cm³/mol. The molecule has 19 heavy (non-hydrogen) atoms. The summed E-state index contributed by atoms with van der Waals surface area (Å²) in [5.41, 5.74) is 7.58. The van der Waals surface area contributed by atoms with E-state index < -0.39 is 0 Å². The van der Waals surface area contributed by atoms with Gasteiger partial charge >= 0.3 is 0 Å². The van der Waals surface area contributed by atoms with Crippen LogP contribution >= 0.6 is 0 Å². The third-order valence-corrected chi connectivity index (χ3v) is 3.38. The number of ether oxygens (including phenoxy) is 2. The molecule has 0 aliphatic rings. The van der Waals surface area contributed by atoms with E-state index in [1.807, 2.05) is 13.0 Å². The van der Waals surface area contributed by atoms with Gasteiger partial charge in [0.15, 0.2) is 11.5 Å². The molecule has 0 aliphatic heterocycles. The van der Waals surface area contributed by atoms with E-state index in [1.54, 1.807) is 7.11 Å². The second-order valence-electron chi connectivity index (χ2n) is 5.93. The molecule has 1 atom stereocenters. The Bertz CT molecular complexity index is 396. The molecule has 0 amide bonds. The van der Waals surface area contributed by atoms with Crippen molar-refractivity contribution < 1.29 is 9.47 Å². The number of rotatable bonds is 6. The standard InChI is InChI=1S/C16H27NO2/c1-6-19-14-11-12(7-9-13(14)18-5)8-10-15(17)16(2,3)4/h7,9,11,15H,6,8,10,17H2,1-5H3. The summed E-state index contributed by atoms with van der Waals surface area (Å²) in [6.45, 7) is 9.15. The third kappa shape index (κ3) is 4.75. The van der Waals surface area contributed by atoms with Gasteiger partial charge in [-0.3, -0.25) is 0 Å². The van der Waals surface area contributed by atoms with E-state index in [9.17, 15) is 0 Å². The molecular formula is C16H27NO2. The molecule has 0 fully saturated rings. The van der Waals surface area contributed by atoms with Crippen LogP contribution in [-0.2, 0) is 6.42 Å². The molecule has 0 spiro atoms. The Morgan fingerprint density at radius 2 is 1.89 bits per heavy atom. The van der Waals surface area contributed by atoms with E-state index in [-0.39, 0.29) is 11.5 Å². The highest BCUT2D eigenvalue weighted by Crippen LogP contribution is 2.29. The highest BCUT2D eigenvalue weighted by atomic mass is 16.5. The van der Waals surface area contributed by atoms with Crippen molar-refractivity contribution in [3.05, 3.63) is 23.8 Å². The van der Waals surface area contributed by atoms with E-state index in [2.05, 4.69) is 32.9 Å². The van der Waals surface area contributed by atoms with Crippen LogP contribution in [-0.4, -0.2) is 19.8 Å². The molecule has 3 heteroatoms. The van der Waals surface area contributed by atoms with E-state index >= 15 is 0 Å². The molecule has 0 saturated carbocycles. The number of hydrogen-bond donors (Lipinski definition) is 1. The van der Waals surface area contributed by atoms with Crippen molar-refractivity contribution in [3.8, 4) is 11.5 Å². The first-order chi connectivity index (χ1) is 8.88. The normalized spacial score (nSPS) is 13.2. The van der Waals surface area contributed by atoms with Crippen molar-refractivity contribution in [1.29, 1.82) is 0 Å². The second kappa shape index (κ2) is 6.80. The summed E-state index contributed by atoms with van der Waals surface area (Å²) in [7, 11) is 1.66. The van der Waals surface area contributed by atoms with Crippen LogP contribution in [0.4, 0.5) is 0 Å². The van der Waals surface area contributed by atoms with Crippen LogP contribution in [0.2, 0.25) is 0 Å². The zero-order valence-electron chi connectivity index (χ0n) is 12.8. The maximum absolute atomic E-state index is 6.20. The molecule has 2 N–H and O–H groups in total. The minimum atomic E-state index is 0.148. The van der Waals surface area contributed by atoms with Crippen molar-refractivity contribution in [3.63, 3.8) is 0 Å². The SMILES string of the molecule is CCOc1cc(CCC(N)C(C)(C)C)ccc1OC. The average molecular weight is 265 g/mol. The Kier molecular flexibility index (Phi) is 5.67. The van der Waals surface area contributed by atoms with Crippen molar-refractivity contribution in [2.24, 2.45) is 11.1 Å². The monoisotopic (exact) mass is 265 g/mol. The molecule has 1 aromatic rings. The molecule has 0 aliphatic carbocycles. The molecule has 1 rings (SSSR count). The van der Waals surface area contributed by atoms with Crippen LogP contribution in [0, 0.1) is 5.41 Å². The van der Waals surface area contributed by atoms with Gasteiger partial charge < -0.3 is 15.2 Å². The number of hydrogen-bond acceptors (Lipinski definition) is 3. The van der Waals surface area contributed by atoms with Crippen LogP contribution < -0.4 is 15.2 Å². The van der Waals surface area contributed by atoms with Crippen molar-refractivity contribution in [1.82, 2.24) is 0 Å². The largest absolute Gasteiger partial charge is 0.493 e. The quantitative estimate of drug-likeness (QED) is 0.857. The number of benzene rings is 1. The number of aryl methyl sites for hydroxylation is 1. The second-order valence-corrected chi connectivity index (χ2v) is 5.93. The summed E-state index contributed by atoms with van der Waals surface area (Å²) < 4.78 is 10.9. The third-order valence-electron chi connectivity index (χ3n) is 3.38. The van der Waals surface area contributed by atoms with Crippen molar-refractivity contribution in [2.45, 2.75) is 46.6 Å². The average Bonchev–Trinajstić information content (AvgIpc) is 2.35. The first kappa shape index (κ1) is 15.8. The van der Waals surface area contributed by atoms with Crippen molar-refractivity contribution >= 4 is 0 Å². The Hall–Kier alpha value is -1.22. The van der Waals surface area contributed by atoms with Gasteiger partial charge in [0.25, 0.3) is 0 Å². The smallest absolute Gasteiger partial charge is 0.161 e. The summed E-state index contributed by atoms with van der Waals surface area (Å²) in [6.07, 6.45) is 1.93. The maximum Gasteiger partial charge on any atom is 0.161 e. The van der Waals surface area contributed by atoms with E-state index in [0.717, 1.165) is 24.3 Å². The van der Waals surface area contributed by atoms with Gasteiger partial charge in [-0.1, -0.05) is 26.8 Å². The molecule has 3 nitrogen and oxygen atoms in total. The lowest BCUT2D eigenvalue weighted by Gasteiger charge is -2.27. The molecule has 0 saturated heterocycles. The Morgan fingerprint density at radius 1 is 1.21 bits per heavy atom. The first-order valence-corrected chi connectivity index (χ1v) is 6.93. The number of methoxy groups -OCH3 is 1. The molecule has 0 radical (unpaired) electrons. The van der Waals surface area contributed by atoms with Gasteiger partial charge in [0.05, 0.1) is 13.7 Å². The highest BCUT2D eigenvalue weighted by Gasteiger charge is 2.20. The Balaban J connectivity index is 2.71. The fraction of sp³-hybridized carbons (Fsp3) is 0.625. The molecule has 0 aromatic heterocycles. The van der Waals surface area contributed by atoms with Crippen LogP contribution in [0.25, 0.3) is 0 Å². The van der Waals surface area contributed by atoms with Gasteiger partial charge in [0.2, 0.25) is 0 Å². The predicted octanol–water partition coefficient (Wildman–Crippen LogP) is 3.40. The fourth-order valence-electron chi connectivity index (χ4n) is 1.90. The minimum Gasteiger partial charge on any atom is -0.493 e. The Labute approximate surface area is 117 Å². The van der Waals surface area contributed by atoms with E-state index in [4.69, 9.17) is 15.2 Å². The summed E-state index contributed by atoms with van der Waals surface area (Å²) >= 11 is 0. The van der Waals surface area contributed by atoms with E-state index in [1.165, 1.54) is 5.56 Å². The lowest BCUT2D eigenvalue weighted by atomic mass is 9.84. The van der Waals surface area contributed by atoms with Gasteiger partial charge in [-0.15, -0.1) is 0 Å². The van der Waals surface area contributed by atoms with Gasteiger partial charge in [0.1, 0.15) is 0 Å². The summed E-state index contributed by atoms with van der Waals surface area (Å²) in [5, 5.41) is 0. The first-order valence-electron chi connectivity index (χ1n) is 6.93. The van der Waals surface area contributed by atoms with Crippen LogP contribution in [0.5, 0.6) is 11.5 Å². The molecule has 0 heterocycles. The topological polar surface area (TPSA) is 44.5 Å². The molecule has 0 bridgehead atoms. The fourth-order valence-corrected chi connectivity index (χ4v) is 1.90. The maximum atomic E-state index is 6.20.